The molecule has 1 atom stereocenters. The van der Waals surface area contributed by atoms with E-state index >= 15 is 0 Å². The van der Waals surface area contributed by atoms with Gasteiger partial charge in [0, 0.05) is 10.0 Å². The van der Waals surface area contributed by atoms with Crippen LogP contribution in [-0.2, 0) is 0 Å². The molecule has 0 aliphatic carbocycles. The number of phenols is 1. The number of carbonyl (C=O) groups is 1. The lowest BCUT2D eigenvalue weighted by Gasteiger charge is -2.05. The Kier molecular flexibility index (Phi) is 3.50. The maximum Gasteiger partial charge on any atom is 0.177 e. The number of ketones is 1. The molecule has 0 bridgehead atoms. The van der Waals surface area contributed by atoms with Gasteiger partial charge in [0.25, 0.3) is 0 Å². The number of alkyl halides is 1. The Morgan fingerprint density at radius 2 is 2.15 bits per heavy atom. The second-order valence-electron chi connectivity index (χ2n) is 2.64. The van der Waals surface area contributed by atoms with Crippen LogP contribution < -0.4 is 0 Å². The number of aromatic hydroxyl groups is 1. The largest absolute Gasteiger partial charge is 0.508 e. The average Bonchev–Trinajstić information content (AvgIpc) is 2.08. The van der Waals surface area contributed by atoms with Crippen LogP contribution in [0, 0.1) is 0 Å². The lowest BCUT2D eigenvalue weighted by Crippen LogP contribution is -2.10. The third kappa shape index (κ3) is 2.54. The molecule has 1 unspecified atom stereocenters. The predicted octanol–water partition coefficient (Wildman–Crippen LogP) is 3.12. The summed E-state index contributed by atoms with van der Waals surface area (Å²) < 4.78 is 0.696. The molecule has 0 aliphatic heterocycles. The van der Waals surface area contributed by atoms with E-state index in [0.29, 0.717) is 10.0 Å². The predicted molar refractivity (Wildman–Crippen MR) is 58.5 cm³/mol. The van der Waals surface area contributed by atoms with Crippen molar-refractivity contribution in [2.24, 2.45) is 0 Å². The zero-order chi connectivity index (χ0) is 10.0. The summed E-state index contributed by atoms with van der Waals surface area (Å²) in [6, 6.07) is 4.63. The quantitative estimate of drug-likeness (QED) is 0.673. The van der Waals surface area contributed by atoms with Gasteiger partial charge < -0.3 is 5.11 Å². The summed E-state index contributed by atoms with van der Waals surface area (Å²) in [6.45, 7) is 1.75. The molecule has 0 amide bonds. The van der Waals surface area contributed by atoms with Crippen LogP contribution in [0.15, 0.2) is 22.7 Å². The van der Waals surface area contributed by atoms with Crippen LogP contribution in [0.1, 0.15) is 17.3 Å². The van der Waals surface area contributed by atoms with E-state index in [1.54, 1.807) is 13.0 Å². The Hall–Kier alpha value is -0.350. The van der Waals surface area contributed by atoms with Gasteiger partial charge in [0.1, 0.15) is 5.75 Å². The van der Waals surface area contributed by atoms with Crippen molar-refractivity contribution in [1.82, 2.24) is 0 Å². The molecule has 1 N–H and O–H groups in total. The van der Waals surface area contributed by atoms with Crippen LogP contribution in [0.4, 0.5) is 0 Å². The minimum atomic E-state index is -0.245. The summed E-state index contributed by atoms with van der Waals surface area (Å²) in [5.41, 5.74) is 0.490. The van der Waals surface area contributed by atoms with E-state index in [2.05, 4.69) is 31.9 Å². The van der Waals surface area contributed by atoms with Crippen LogP contribution in [0.2, 0.25) is 0 Å². The third-order valence-electron chi connectivity index (χ3n) is 1.58. The molecule has 0 radical (unpaired) electrons. The number of halogens is 2. The molecule has 2 nitrogen and oxygen atoms in total. The molecule has 0 aromatic heterocycles. The molecule has 1 rings (SSSR count). The summed E-state index contributed by atoms with van der Waals surface area (Å²) >= 11 is 6.43. The van der Waals surface area contributed by atoms with Crippen molar-refractivity contribution in [3.05, 3.63) is 28.2 Å². The molecule has 13 heavy (non-hydrogen) atoms. The van der Waals surface area contributed by atoms with E-state index in [9.17, 15) is 9.90 Å². The second-order valence-corrected chi connectivity index (χ2v) is 4.87. The van der Waals surface area contributed by atoms with Crippen molar-refractivity contribution in [3.63, 3.8) is 0 Å². The molecule has 0 heterocycles. The first-order valence-corrected chi connectivity index (χ1v) is 5.40. The molecule has 0 aliphatic rings. The van der Waals surface area contributed by atoms with Crippen molar-refractivity contribution in [1.29, 1.82) is 0 Å². The number of hydrogen-bond acceptors (Lipinski definition) is 2. The first kappa shape index (κ1) is 10.7. The highest BCUT2D eigenvalue weighted by Gasteiger charge is 2.15. The van der Waals surface area contributed by atoms with E-state index in [1.165, 1.54) is 12.1 Å². The molecular weight excluding hydrogens is 300 g/mol. The first-order valence-electron chi connectivity index (χ1n) is 3.69. The topological polar surface area (TPSA) is 37.3 Å². The minimum Gasteiger partial charge on any atom is -0.508 e. The molecule has 1 aromatic carbocycles. The van der Waals surface area contributed by atoms with Gasteiger partial charge in [0.15, 0.2) is 5.78 Å². The lowest BCUT2D eigenvalue weighted by atomic mass is 10.1. The summed E-state index contributed by atoms with van der Waals surface area (Å²) in [5.74, 6) is 0.0440. The van der Waals surface area contributed by atoms with Crippen LogP contribution in [0.3, 0.4) is 0 Å². The van der Waals surface area contributed by atoms with Gasteiger partial charge in [-0.3, -0.25) is 4.79 Å². The standard InChI is InChI=1S/C9H8Br2O2/c1-5(10)9(13)7-4-6(12)2-3-8(7)11/h2-5,12H,1H3. The second kappa shape index (κ2) is 4.24. The molecule has 0 saturated heterocycles. The summed E-state index contributed by atoms with van der Waals surface area (Å²) in [4.78, 5) is 11.3. The van der Waals surface area contributed by atoms with Crippen molar-refractivity contribution >= 4 is 37.6 Å². The number of carbonyl (C=O) groups excluding carboxylic acids is 1. The van der Waals surface area contributed by atoms with E-state index in [0.717, 1.165) is 0 Å². The van der Waals surface area contributed by atoms with Crippen molar-refractivity contribution in [2.45, 2.75) is 11.8 Å². The Morgan fingerprint density at radius 1 is 1.54 bits per heavy atom. The Bertz CT molecular complexity index is 334. The van der Waals surface area contributed by atoms with Gasteiger partial charge in [-0.05, 0) is 25.1 Å². The van der Waals surface area contributed by atoms with Gasteiger partial charge in [-0.2, -0.15) is 0 Å². The maximum absolute atomic E-state index is 11.5. The summed E-state index contributed by atoms with van der Waals surface area (Å²) in [6.07, 6.45) is 0. The van der Waals surface area contributed by atoms with Gasteiger partial charge >= 0.3 is 0 Å². The summed E-state index contributed by atoms with van der Waals surface area (Å²) in [5, 5.41) is 9.18. The van der Waals surface area contributed by atoms with Crippen molar-refractivity contribution in [3.8, 4) is 5.75 Å². The van der Waals surface area contributed by atoms with Crippen LogP contribution >= 0.6 is 31.9 Å². The van der Waals surface area contributed by atoms with Gasteiger partial charge in [-0.1, -0.05) is 31.9 Å². The highest BCUT2D eigenvalue weighted by Crippen LogP contribution is 2.24. The molecule has 0 fully saturated rings. The normalized spacial score (nSPS) is 12.5. The molecule has 0 spiro atoms. The molecule has 70 valence electrons. The van der Waals surface area contributed by atoms with Gasteiger partial charge in [0.05, 0.1) is 4.83 Å². The van der Waals surface area contributed by atoms with E-state index < -0.39 is 0 Å². The molecule has 0 saturated carbocycles. The fourth-order valence-corrected chi connectivity index (χ4v) is 1.61. The molecule has 1 aromatic rings. The van der Waals surface area contributed by atoms with E-state index in [1.807, 2.05) is 0 Å². The number of phenolic OH excluding ortho intramolecular Hbond substituents is 1. The highest BCUT2D eigenvalue weighted by atomic mass is 79.9. The SMILES string of the molecule is CC(Br)C(=O)c1cc(O)ccc1Br. The Morgan fingerprint density at radius 3 is 2.69 bits per heavy atom. The first-order chi connectivity index (χ1) is 6.02. The fraction of sp³-hybridized carbons (Fsp3) is 0.222. The minimum absolute atomic E-state index is 0.0530. The van der Waals surface area contributed by atoms with Crippen molar-refractivity contribution in [2.75, 3.05) is 0 Å². The lowest BCUT2D eigenvalue weighted by molar-refractivity contribution is 0.0994. The Labute approximate surface area is 93.2 Å². The number of benzene rings is 1. The van der Waals surface area contributed by atoms with Crippen LogP contribution in [-0.4, -0.2) is 15.7 Å². The maximum atomic E-state index is 11.5. The third-order valence-corrected chi connectivity index (χ3v) is 2.68. The van der Waals surface area contributed by atoms with Gasteiger partial charge in [-0.15, -0.1) is 0 Å². The number of hydrogen-bond donors (Lipinski definition) is 1. The highest BCUT2D eigenvalue weighted by molar-refractivity contribution is 9.10. The smallest absolute Gasteiger partial charge is 0.177 e. The zero-order valence-electron chi connectivity index (χ0n) is 6.92. The van der Waals surface area contributed by atoms with Gasteiger partial charge in [-0.25, -0.2) is 0 Å². The van der Waals surface area contributed by atoms with Crippen molar-refractivity contribution < 1.29 is 9.90 Å². The van der Waals surface area contributed by atoms with Gasteiger partial charge in [0.2, 0.25) is 0 Å². The van der Waals surface area contributed by atoms with Crippen LogP contribution in [0.25, 0.3) is 0 Å². The zero-order valence-corrected chi connectivity index (χ0v) is 10.1. The monoisotopic (exact) mass is 306 g/mol. The Balaban J connectivity index is 3.13. The number of Topliss-reactive ketones (excluding diaryl/α,β-unsaturated/α-hetero) is 1. The molecular formula is C9H8Br2O2. The van der Waals surface area contributed by atoms with E-state index in [4.69, 9.17) is 0 Å². The fourth-order valence-electron chi connectivity index (χ4n) is 0.916. The molecule has 4 heteroatoms. The summed E-state index contributed by atoms with van der Waals surface area (Å²) in [7, 11) is 0. The van der Waals surface area contributed by atoms with Crippen LogP contribution in [0.5, 0.6) is 5.75 Å². The number of rotatable bonds is 2. The van der Waals surface area contributed by atoms with E-state index in [-0.39, 0.29) is 16.4 Å². The average molecular weight is 308 g/mol.